The van der Waals surface area contributed by atoms with Gasteiger partial charge in [-0.15, -0.1) is 0 Å². The van der Waals surface area contributed by atoms with E-state index < -0.39 is 22.0 Å². The summed E-state index contributed by atoms with van der Waals surface area (Å²) in [4.78, 5) is 21.9. The molecule has 0 saturated carbocycles. The number of rotatable bonds is 6. The third-order valence-electron chi connectivity index (χ3n) is 2.68. The number of hydrogen-bond acceptors (Lipinski definition) is 5. The van der Waals surface area contributed by atoms with Crippen molar-refractivity contribution in [3.8, 4) is 0 Å². The largest absolute Gasteiger partial charge is 0.481 e. The van der Waals surface area contributed by atoms with Gasteiger partial charge in [0.25, 0.3) is 0 Å². The van der Waals surface area contributed by atoms with Crippen molar-refractivity contribution in [3.05, 3.63) is 28.8 Å². The predicted octanol–water partition coefficient (Wildman–Crippen LogP) is 1.22. The maximum absolute atomic E-state index is 12.4. The average molecular weight is 336 g/mol. The summed E-state index contributed by atoms with van der Waals surface area (Å²) in [6.07, 6.45) is -0.350. The van der Waals surface area contributed by atoms with Crippen LogP contribution in [0.3, 0.4) is 0 Å². The number of carbonyl (C=O) groups is 2. The molecule has 1 aromatic rings. The van der Waals surface area contributed by atoms with Crippen LogP contribution in [-0.2, 0) is 19.6 Å². The van der Waals surface area contributed by atoms with E-state index >= 15 is 0 Å². The van der Waals surface area contributed by atoms with Crippen LogP contribution in [-0.4, -0.2) is 50.5 Å². The summed E-state index contributed by atoms with van der Waals surface area (Å²) in [6.45, 7) is -0.221. The minimum atomic E-state index is -4.03. The summed E-state index contributed by atoms with van der Waals surface area (Å²) >= 11 is 5.76. The Bertz CT molecular complexity index is 658. The van der Waals surface area contributed by atoms with Gasteiger partial charge >= 0.3 is 11.9 Å². The van der Waals surface area contributed by atoms with Gasteiger partial charge in [-0.05, 0) is 18.2 Å². The first-order valence-corrected chi connectivity index (χ1v) is 7.58. The van der Waals surface area contributed by atoms with Crippen LogP contribution < -0.4 is 0 Å². The molecule has 1 aromatic carbocycles. The van der Waals surface area contributed by atoms with Gasteiger partial charge < -0.3 is 9.84 Å². The lowest BCUT2D eigenvalue weighted by atomic mass is 10.2. The van der Waals surface area contributed by atoms with Crippen LogP contribution in [0.4, 0.5) is 0 Å². The lowest BCUT2D eigenvalue weighted by Crippen LogP contribution is -2.30. The summed E-state index contributed by atoms with van der Waals surface area (Å²) in [7, 11) is -1.68. The van der Waals surface area contributed by atoms with Crippen molar-refractivity contribution in [2.75, 3.05) is 20.7 Å². The van der Waals surface area contributed by atoms with Crippen LogP contribution in [0.2, 0.25) is 5.02 Å². The van der Waals surface area contributed by atoms with E-state index in [1.165, 1.54) is 25.2 Å². The zero-order chi connectivity index (χ0) is 16.2. The summed E-state index contributed by atoms with van der Waals surface area (Å²) in [5.74, 6) is -1.97. The summed E-state index contributed by atoms with van der Waals surface area (Å²) in [6, 6.07) is 3.69. The highest BCUT2D eigenvalue weighted by molar-refractivity contribution is 7.89. The monoisotopic (exact) mass is 335 g/mol. The number of esters is 1. The number of carboxylic acid groups (broad SMARTS) is 1. The Hall–Kier alpha value is -1.64. The zero-order valence-electron chi connectivity index (χ0n) is 11.4. The second-order valence-electron chi connectivity index (χ2n) is 4.10. The highest BCUT2D eigenvalue weighted by Crippen LogP contribution is 2.24. The first-order chi connectivity index (χ1) is 9.70. The van der Waals surface area contributed by atoms with Crippen molar-refractivity contribution in [3.63, 3.8) is 0 Å². The van der Waals surface area contributed by atoms with Gasteiger partial charge in [-0.3, -0.25) is 4.79 Å². The highest BCUT2D eigenvalue weighted by Gasteiger charge is 2.27. The fourth-order valence-corrected chi connectivity index (χ4v) is 3.04. The van der Waals surface area contributed by atoms with Crippen LogP contribution in [0.15, 0.2) is 23.1 Å². The molecule has 0 fully saturated rings. The Kier molecular flexibility index (Phi) is 5.70. The van der Waals surface area contributed by atoms with E-state index in [0.29, 0.717) is 0 Å². The van der Waals surface area contributed by atoms with Gasteiger partial charge in [0.05, 0.1) is 24.0 Å². The van der Waals surface area contributed by atoms with Crippen molar-refractivity contribution in [2.24, 2.45) is 0 Å². The molecular weight excluding hydrogens is 322 g/mol. The van der Waals surface area contributed by atoms with Gasteiger partial charge in [-0.2, -0.15) is 0 Å². The minimum absolute atomic E-state index is 0.183. The van der Waals surface area contributed by atoms with Crippen molar-refractivity contribution < 1.29 is 27.9 Å². The second-order valence-corrected chi connectivity index (χ2v) is 6.55. The first kappa shape index (κ1) is 17.4. The molecule has 0 amide bonds. The molecule has 0 aliphatic rings. The van der Waals surface area contributed by atoms with Crippen LogP contribution in [0.5, 0.6) is 0 Å². The van der Waals surface area contributed by atoms with E-state index in [2.05, 4.69) is 4.74 Å². The number of sulfonamides is 1. The van der Waals surface area contributed by atoms with Gasteiger partial charge in [-0.25, -0.2) is 17.5 Å². The quantitative estimate of drug-likeness (QED) is 0.784. The number of carboxylic acids is 1. The Morgan fingerprint density at radius 3 is 2.52 bits per heavy atom. The van der Waals surface area contributed by atoms with Crippen molar-refractivity contribution >= 4 is 33.6 Å². The van der Waals surface area contributed by atoms with Crippen molar-refractivity contribution in [2.45, 2.75) is 11.3 Å². The Morgan fingerprint density at radius 1 is 1.38 bits per heavy atom. The van der Waals surface area contributed by atoms with Gasteiger partial charge in [0.15, 0.2) is 0 Å². The third-order valence-corrected chi connectivity index (χ3v) is 4.83. The van der Waals surface area contributed by atoms with Crippen molar-refractivity contribution in [1.82, 2.24) is 4.31 Å². The molecule has 116 valence electrons. The third kappa shape index (κ3) is 4.16. The van der Waals surface area contributed by atoms with E-state index in [1.54, 1.807) is 0 Å². The number of hydrogen-bond donors (Lipinski definition) is 1. The SMILES string of the molecule is COC(=O)c1cc(Cl)ccc1S(=O)(=O)N(C)CCC(=O)O. The molecule has 0 aromatic heterocycles. The maximum Gasteiger partial charge on any atom is 0.339 e. The van der Waals surface area contributed by atoms with E-state index in [0.717, 1.165) is 11.4 Å². The lowest BCUT2D eigenvalue weighted by molar-refractivity contribution is -0.137. The van der Waals surface area contributed by atoms with Gasteiger partial charge in [0.2, 0.25) is 10.0 Å². The molecule has 21 heavy (non-hydrogen) atoms. The topological polar surface area (TPSA) is 101 Å². The molecule has 1 N–H and O–H groups in total. The number of benzene rings is 1. The molecule has 0 atom stereocenters. The molecule has 0 radical (unpaired) electrons. The number of carbonyl (C=O) groups excluding carboxylic acids is 1. The van der Waals surface area contributed by atoms with E-state index in [1.807, 2.05) is 0 Å². The molecule has 0 saturated heterocycles. The molecule has 0 heterocycles. The number of aliphatic carboxylic acids is 1. The molecular formula is C12H14ClNO6S. The van der Waals surface area contributed by atoms with Crippen LogP contribution in [0.25, 0.3) is 0 Å². The van der Waals surface area contributed by atoms with Crippen molar-refractivity contribution in [1.29, 1.82) is 0 Å². The first-order valence-electron chi connectivity index (χ1n) is 5.76. The van der Waals surface area contributed by atoms with Gasteiger partial charge in [0.1, 0.15) is 0 Å². The van der Waals surface area contributed by atoms with Crippen LogP contribution in [0.1, 0.15) is 16.8 Å². The van der Waals surface area contributed by atoms with Crippen LogP contribution in [0, 0.1) is 0 Å². The molecule has 0 spiro atoms. The molecule has 7 nitrogen and oxygen atoms in total. The summed E-state index contributed by atoms with van der Waals surface area (Å²) in [5.41, 5.74) is -0.202. The maximum atomic E-state index is 12.4. The molecule has 1 rings (SSSR count). The fraction of sp³-hybridized carbons (Fsp3) is 0.333. The summed E-state index contributed by atoms with van der Waals surface area (Å²) < 4.78 is 30.1. The smallest absolute Gasteiger partial charge is 0.339 e. The molecule has 0 aliphatic heterocycles. The highest BCUT2D eigenvalue weighted by atomic mass is 35.5. The van der Waals surface area contributed by atoms with E-state index in [9.17, 15) is 18.0 Å². The Labute approximate surface area is 127 Å². The second kappa shape index (κ2) is 6.88. The number of methoxy groups -OCH3 is 1. The normalized spacial score (nSPS) is 11.4. The number of halogens is 1. The number of nitrogens with zero attached hydrogens (tertiary/aromatic N) is 1. The zero-order valence-corrected chi connectivity index (χ0v) is 12.9. The molecule has 0 unspecified atom stereocenters. The molecule has 0 bridgehead atoms. The van der Waals surface area contributed by atoms with Crippen LogP contribution >= 0.6 is 11.6 Å². The minimum Gasteiger partial charge on any atom is -0.481 e. The Morgan fingerprint density at radius 2 is 2.00 bits per heavy atom. The fourth-order valence-electron chi connectivity index (χ4n) is 1.54. The molecule has 9 heteroatoms. The lowest BCUT2D eigenvalue weighted by Gasteiger charge is -2.18. The number of ether oxygens (including phenoxy) is 1. The predicted molar refractivity (Wildman–Crippen MR) is 74.9 cm³/mol. The Balaban J connectivity index is 3.25. The van der Waals surface area contributed by atoms with E-state index in [4.69, 9.17) is 16.7 Å². The average Bonchev–Trinajstić information content (AvgIpc) is 2.43. The standard InChI is InChI=1S/C12H14ClNO6S/c1-14(6-5-11(15)16)21(18,19)10-4-3-8(13)7-9(10)12(17)20-2/h3-4,7H,5-6H2,1-2H3,(H,15,16). The molecule has 0 aliphatic carbocycles. The van der Waals surface area contributed by atoms with E-state index in [-0.39, 0.29) is 28.4 Å². The summed E-state index contributed by atoms with van der Waals surface area (Å²) in [5, 5.41) is 8.79. The van der Waals surface area contributed by atoms with Gasteiger partial charge in [0, 0.05) is 18.6 Å². The van der Waals surface area contributed by atoms with Gasteiger partial charge in [-0.1, -0.05) is 11.6 Å².